The third-order valence-corrected chi connectivity index (χ3v) is 6.01. The molecule has 2 N–H and O–H groups in total. The molecule has 0 bridgehead atoms. The molecule has 1 saturated heterocycles. The normalized spacial score (nSPS) is 24.2. The van der Waals surface area contributed by atoms with Gasteiger partial charge in [0.25, 0.3) is 0 Å². The van der Waals surface area contributed by atoms with Crippen molar-refractivity contribution in [1.29, 1.82) is 0 Å². The molecule has 0 unspecified atom stereocenters. The first-order valence-corrected chi connectivity index (χ1v) is 8.42. The smallest absolute Gasteiger partial charge is 0.214 e. The van der Waals surface area contributed by atoms with Gasteiger partial charge in [0.1, 0.15) is 0 Å². The Labute approximate surface area is 105 Å². The van der Waals surface area contributed by atoms with Crippen LogP contribution < -0.4 is 10.0 Å². The molecule has 0 radical (unpaired) electrons. The maximum absolute atomic E-state index is 12.0. The lowest BCUT2D eigenvalue weighted by Gasteiger charge is -2.23. The van der Waals surface area contributed by atoms with E-state index in [2.05, 4.69) is 10.0 Å². The molecule has 1 aliphatic carbocycles. The predicted octanol–water partition coefficient (Wildman–Crippen LogP) is 1.24. The van der Waals surface area contributed by atoms with E-state index >= 15 is 0 Å². The third kappa shape index (κ3) is 3.93. The Balaban J connectivity index is 1.72. The standard InChI is InChI=1S/C12H24N2O2S/c15-17(16,12-6-8-13-9-7-12)14-10-5-11-3-1-2-4-11/h11-14H,1-10H2. The molecule has 0 aromatic heterocycles. The van der Waals surface area contributed by atoms with E-state index in [0.29, 0.717) is 6.54 Å². The molecule has 1 saturated carbocycles. The number of rotatable bonds is 5. The average Bonchev–Trinajstić information content (AvgIpc) is 2.83. The topological polar surface area (TPSA) is 58.2 Å². The summed E-state index contributed by atoms with van der Waals surface area (Å²) in [6, 6.07) is 0. The summed E-state index contributed by atoms with van der Waals surface area (Å²) < 4.78 is 26.8. The van der Waals surface area contributed by atoms with Gasteiger partial charge in [0.05, 0.1) is 5.25 Å². The molecule has 5 heteroatoms. The molecule has 2 rings (SSSR count). The third-order valence-electron chi connectivity index (χ3n) is 4.06. The van der Waals surface area contributed by atoms with Gasteiger partial charge in [0.2, 0.25) is 10.0 Å². The van der Waals surface area contributed by atoms with Crippen LogP contribution in [0.4, 0.5) is 0 Å². The van der Waals surface area contributed by atoms with Crippen LogP contribution in [0.2, 0.25) is 0 Å². The Morgan fingerprint density at radius 3 is 2.35 bits per heavy atom. The number of sulfonamides is 1. The van der Waals surface area contributed by atoms with E-state index in [-0.39, 0.29) is 5.25 Å². The predicted molar refractivity (Wildman–Crippen MR) is 69.4 cm³/mol. The van der Waals surface area contributed by atoms with E-state index in [0.717, 1.165) is 38.3 Å². The van der Waals surface area contributed by atoms with Gasteiger partial charge in [-0.2, -0.15) is 0 Å². The highest BCUT2D eigenvalue weighted by molar-refractivity contribution is 7.90. The van der Waals surface area contributed by atoms with Gasteiger partial charge in [-0.05, 0) is 38.3 Å². The largest absolute Gasteiger partial charge is 0.317 e. The van der Waals surface area contributed by atoms with Crippen LogP contribution in [0.15, 0.2) is 0 Å². The average molecular weight is 260 g/mol. The van der Waals surface area contributed by atoms with Crippen LogP contribution in [0.1, 0.15) is 44.9 Å². The molecule has 0 spiro atoms. The maximum Gasteiger partial charge on any atom is 0.214 e. The minimum atomic E-state index is -3.07. The summed E-state index contributed by atoms with van der Waals surface area (Å²) in [4.78, 5) is 0. The van der Waals surface area contributed by atoms with Crippen LogP contribution in [0.5, 0.6) is 0 Å². The Morgan fingerprint density at radius 2 is 1.71 bits per heavy atom. The van der Waals surface area contributed by atoms with Gasteiger partial charge in [-0.15, -0.1) is 0 Å². The fourth-order valence-corrected chi connectivity index (χ4v) is 4.42. The highest BCUT2D eigenvalue weighted by Gasteiger charge is 2.26. The van der Waals surface area contributed by atoms with Gasteiger partial charge >= 0.3 is 0 Å². The number of hydrogen-bond acceptors (Lipinski definition) is 3. The lowest BCUT2D eigenvalue weighted by atomic mass is 10.1. The van der Waals surface area contributed by atoms with Crippen molar-refractivity contribution in [3.63, 3.8) is 0 Å². The van der Waals surface area contributed by atoms with Crippen molar-refractivity contribution in [3.05, 3.63) is 0 Å². The Bertz CT molecular complexity index is 317. The molecule has 1 aliphatic heterocycles. The Hall–Kier alpha value is -0.130. The zero-order chi connectivity index (χ0) is 12.1. The fraction of sp³-hybridized carbons (Fsp3) is 1.00. The molecule has 4 nitrogen and oxygen atoms in total. The second-order valence-electron chi connectivity index (χ2n) is 5.33. The van der Waals surface area contributed by atoms with Crippen molar-refractivity contribution in [1.82, 2.24) is 10.0 Å². The molecular weight excluding hydrogens is 236 g/mol. The molecule has 17 heavy (non-hydrogen) atoms. The van der Waals surface area contributed by atoms with Gasteiger partial charge in [-0.25, -0.2) is 13.1 Å². The number of hydrogen-bond donors (Lipinski definition) is 2. The molecule has 1 heterocycles. The molecule has 0 aromatic carbocycles. The Kier molecular flexibility index (Phi) is 4.82. The van der Waals surface area contributed by atoms with Crippen molar-refractivity contribution in [2.24, 2.45) is 5.92 Å². The molecule has 2 aliphatic rings. The molecular formula is C12H24N2O2S. The van der Waals surface area contributed by atoms with Gasteiger partial charge in [-0.1, -0.05) is 25.7 Å². The minimum Gasteiger partial charge on any atom is -0.317 e. The highest BCUT2D eigenvalue weighted by atomic mass is 32.2. The summed E-state index contributed by atoms with van der Waals surface area (Å²) >= 11 is 0. The highest BCUT2D eigenvalue weighted by Crippen LogP contribution is 2.27. The van der Waals surface area contributed by atoms with Gasteiger partial charge in [-0.3, -0.25) is 0 Å². The van der Waals surface area contributed by atoms with Crippen LogP contribution in [0.25, 0.3) is 0 Å². The van der Waals surface area contributed by atoms with Crippen molar-refractivity contribution < 1.29 is 8.42 Å². The van der Waals surface area contributed by atoms with E-state index < -0.39 is 10.0 Å². The minimum absolute atomic E-state index is 0.174. The van der Waals surface area contributed by atoms with Gasteiger partial charge in [0.15, 0.2) is 0 Å². The van der Waals surface area contributed by atoms with Crippen molar-refractivity contribution in [2.45, 2.75) is 50.2 Å². The summed E-state index contributed by atoms with van der Waals surface area (Å²) in [5.74, 6) is 0.755. The first kappa shape index (κ1) is 13.3. The monoisotopic (exact) mass is 260 g/mol. The van der Waals surface area contributed by atoms with Gasteiger partial charge in [0, 0.05) is 6.54 Å². The summed E-state index contributed by atoms with van der Waals surface area (Å²) in [5, 5.41) is 3.02. The van der Waals surface area contributed by atoms with E-state index in [1.54, 1.807) is 0 Å². The van der Waals surface area contributed by atoms with Gasteiger partial charge < -0.3 is 5.32 Å². The quantitative estimate of drug-likeness (QED) is 0.782. The summed E-state index contributed by atoms with van der Waals surface area (Å²) in [5.41, 5.74) is 0. The second-order valence-corrected chi connectivity index (χ2v) is 7.37. The summed E-state index contributed by atoms with van der Waals surface area (Å²) in [6.07, 6.45) is 7.74. The SMILES string of the molecule is O=S(=O)(NCCC1CCCC1)C1CCNCC1. The van der Waals surface area contributed by atoms with Crippen LogP contribution in [0, 0.1) is 5.92 Å². The molecule has 2 fully saturated rings. The molecule has 0 amide bonds. The van der Waals surface area contributed by atoms with E-state index in [1.165, 1.54) is 25.7 Å². The van der Waals surface area contributed by atoms with E-state index in [9.17, 15) is 8.42 Å². The molecule has 100 valence electrons. The van der Waals surface area contributed by atoms with Crippen LogP contribution >= 0.6 is 0 Å². The molecule has 0 aromatic rings. The summed E-state index contributed by atoms with van der Waals surface area (Å²) in [6.45, 7) is 2.29. The lowest BCUT2D eigenvalue weighted by Crippen LogP contribution is -2.42. The van der Waals surface area contributed by atoms with E-state index in [4.69, 9.17) is 0 Å². The zero-order valence-electron chi connectivity index (χ0n) is 10.5. The second kappa shape index (κ2) is 6.16. The zero-order valence-corrected chi connectivity index (χ0v) is 11.3. The van der Waals surface area contributed by atoms with Crippen LogP contribution in [0.3, 0.4) is 0 Å². The summed E-state index contributed by atoms with van der Waals surface area (Å²) in [7, 11) is -3.07. The van der Waals surface area contributed by atoms with Crippen molar-refractivity contribution in [3.8, 4) is 0 Å². The van der Waals surface area contributed by atoms with Crippen molar-refractivity contribution >= 4 is 10.0 Å². The van der Waals surface area contributed by atoms with Crippen molar-refractivity contribution in [2.75, 3.05) is 19.6 Å². The number of piperidine rings is 1. The first-order valence-electron chi connectivity index (χ1n) is 6.88. The Morgan fingerprint density at radius 1 is 1.06 bits per heavy atom. The lowest BCUT2D eigenvalue weighted by molar-refractivity contribution is 0.474. The maximum atomic E-state index is 12.0. The van der Waals surface area contributed by atoms with Crippen LogP contribution in [-0.4, -0.2) is 33.3 Å². The molecule has 0 atom stereocenters. The first-order chi connectivity index (χ1) is 8.18. The van der Waals surface area contributed by atoms with Crippen LogP contribution in [-0.2, 0) is 10.0 Å². The van der Waals surface area contributed by atoms with E-state index in [1.807, 2.05) is 0 Å². The fourth-order valence-electron chi connectivity index (χ4n) is 2.93. The number of nitrogens with one attached hydrogen (secondary N) is 2.